The van der Waals surface area contributed by atoms with Gasteiger partial charge >= 0.3 is 35.5 Å². The first-order valence-corrected chi connectivity index (χ1v) is 10.8. The number of benzene rings is 3. The molecule has 0 aliphatic rings. The van der Waals surface area contributed by atoms with E-state index in [4.69, 9.17) is 19.0 Å². The van der Waals surface area contributed by atoms with Gasteiger partial charge in [-0.3, -0.25) is 0 Å². The maximum absolute atomic E-state index is 10.9. The molecule has 2 N–H and O–H groups in total. The zero-order valence-corrected chi connectivity index (χ0v) is 21.8. The van der Waals surface area contributed by atoms with E-state index in [9.17, 15) is 4.79 Å². The van der Waals surface area contributed by atoms with E-state index in [1.54, 1.807) is 25.3 Å². The minimum absolute atomic E-state index is 0. The second-order valence-electron chi connectivity index (χ2n) is 7.64. The van der Waals surface area contributed by atoms with Gasteiger partial charge in [-0.1, -0.05) is 48.5 Å². The first-order chi connectivity index (χ1) is 17.1. The van der Waals surface area contributed by atoms with Gasteiger partial charge in [0.25, 0.3) is 0 Å². The molecule has 0 saturated carbocycles. The number of nitrogens with zero attached hydrogens (tertiary/aromatic N) is 2. The van der Waals surface area contributed by atoms with Gasteiger partial charge in [0.15, 0.2) is 6.61 Å². The Labute approximate surface area is 230 Å². The molecule has 0 radical (unpaired) electrons. The van der Waals surface area contributed by atoms with Gasteiger partial charge in [-0.15, -0.1) is 0 Å². The van der Waals surface area contributed by atoms with E-state index < -0.39 is 12.6 Å². The molecular formula is C27H22N3NaO5. The summed E-state index contributed by atoms with van der Waals surface area (Å²) in [4.78, 5) is 19.7. The number of nitrogens with one attached hydrogen (secondary N) is 1. The van der Waals surface area contributed by atoms with Crippen LogP contribution in [0, 0.1) is 0 Å². The van der Waals surface area contributed by atoms with Gasteiger partial charge < -0.3 is 25.7 Å². The molecule has 2 aromatic heterocycles. The van der Waals surface area contributed by atoms with E-state index in [-0.39, 0.29) is 31.0 Å². The summed E-state index contributed by atoms with van der Waals surface area (Å²) in [6.07, 6.45) is 1.44. The van der Waals surface area contributed by atoms with E-state index in [1.165, 1.54) is 6.33 Å². The van der Waals surface area contributed by atoms with Crippen molar-refractivity contribution >= 4 is 28.6 Å². The van der Waals surface area contributed by atoms with E-state index in [1.807, 2.05) is 60.7 Å². The van der Waals surface area contributed by atoms with Crippen molar-refractivity contribution in [1.82, 2.24) is 9.97 Å². The molecule has 5 aromatic rings. The molecule has 3 aromatic carbocycles. The van der Waals surface area contributed by atoms with Gasteiger partial charge in [-0.05, 0) is 29.8 Å². The molecule has 0 aliphatic heterocycles. The zero-order chi connectivity index (χ0) is 24.2. The molecule has 8 nitrogen and oxygen atoms in total. The Morgan fingerprint density at radius 3 is 2.47 bits per heavy atom. The molecule has 0 atom stereocenters. The average Bonchev–Trinajstić information content (AvgIpc) is 3.29. The molecule has 0 aliphatic carbocycles. The van der Waals surface area contributed by atoms with Crippen molar-refractivity contribution in [3.8, 4) is 33.9 Å². The van der Waals surface area contributed by atoms with Crippen LogP contribution in [0.2, 0.25) is 0 Å². The van der Waals surface area contributed by atoms with Gasteiger partial charge in [0.2, 0.25) is 5.71 Å². The number of fused-ring (bicyclic) bond motifs is 1. The molecule has 0 unspecified atom stereocenters. The normalized spacial score (nSPS) is 10.5. The molecule has 0 bridgehead atoms. The Morgan fingerprint density at radius 2 is 1.75 bits per heavy atom. The van der Waals surface area contributed by atoms with Gasteiger partial charge in [0.1, 0.15) is 29.4 Å². The maximum atomic E-state index is 10.9. The molecule has 0 saturated heterocycles. The number of carboxylic acids is 1. The first-order valence-electron chi connectivity index (χ1n) is 10.8. The van der Waals surface area contributed by atoms with Crippen molar-refractivity contribution < 1.29 is 54.8 Å². The summed E-state index contributed by atoms with van der Waals surface area (Å²) in [6.45, 7) is -0.426. The third kappa shape index (κ3) is 5.36. The summed E-state index contributed by atoms with van der Waals surface area (Å²) in [5, 5.41) is 12.9. The Kier molecular flexibility index (Phi) is 7.90. The predicted octanol–water partition coefficient (Wildman–Crippen LogP) is 2.89. The minimum atomic E-state index is -1.04. The fourth-order valence-electron chi connectivity index (χ4n) is 3.80. The van der Waals surface area contributed by atoms with Crippen LogP contribution in [0.4, 0.5) is 11.5 Å². The fourth-order valence-corrected chi connectivity index (χ4v) is 3.80. The van der Waals surface area contributed by atoms with Crippen molar-refractivity contribution in [2.24, 2.45) is 0 Å². The van der Waals surface area contributed by atoms with Crippen LogP contribution < -0.4 is 44.3 Å². The Bertz CT molecular complexity index is 1490. The van der Waals surface area contributed by atoms with Gasteiger partial charge in [0, 0.05) is 22.9 Å². The summed E-state index contributed by atoms with van der Waals surface area (Å²) in [5.41, 5.74) is 3.78. The van der Waals surface area contributed by atoms with E-state index in [2.05, 4.69) is 15.3 Å². The summed E-state index contributed by atoms with van der Waals surface area (Å²) in [6, 6.07) is 24.5. The maximum Gasteiger partial charge on any atom is 1.00 e. The van der Waals surface area contributed by atoms with Crippen molar-refractivity contribution in [1.29, 1.82) is 0 Å². The summed E-state index contributed by atoms with van der Waals surface area (Å²) >= 11 is 0. The topological polar surface area (TPSA) is 107 Å². The third-order valence-corrected chi connectivity index (χ3v) is 5.36. The average molecular weight is 491 g/mol. The summed E-state index contributed by atoms with van der Waals surface area (Å²) < 4.78 is 16.9. The SMILES string of the molecule is COc1ccc(-c2c(-c3ccccc3)oc3ncnc(Nc4cccc(OCC(=O)O)c4)c23)cc1.[H-].[Na+]. The predicted molar refractivity (Wildman–Crippen MR) is 133 cm³/mol. The number of hydrogen-bond donors (Lipinski definition) is 2. The number of anilines is 2. The van der Waals surface area contributed by atoms with Crippen LogP contribution in [0.1, 0.15) is 1.43 Å². The van der Waals surface area contributed by atoms with Crippen LogP contribution in [0.15, 0.2) is 89.6 Å². The number of carboxylic acid groups (broad SMARTS) is 1. The van der Waals surface area contributed by atoms with Crippen molar-refractivity contribution in [2.75, 3.05) is 19.0 Å². The van der Waals surface area contributed by atoms with Crippen molar-refractivity contribution in [2.45, 2.75) is 0 Å². The van der Waals surface area contributed by atoms with Crippen LogP contribution in [-0.2, 0) is 4.79 Å². The van der Waals surface area contributed by atoms with Crippen LogP contribution in [0.3, 0.4) is 0 Å². The zero-order valence-electron chi connectivity index (χ0n) is 20.8. The Hall–Kier alpha value is -3.85. The van der Waals surface area contributed by atoms with Crippen molar-refractivity contribution in [3.63, 3.8) is 0 Å². The summed E-state index contributed by atoms with van der Waals surface area (Å²) in [5.74, 6) is 1.35. The molecule has 176 valence electrons. The molecule has 36 heavy (non-hydrogen) atoms. The number of aromatic nitrogens is 2. The third-order valence-electron chi connectivity index (χ3n) is 5.36. The molecule has 0 spiro atoms. The first kappa shape index (κ1) is 25.2. The standard InChI is InChI=1S/C27H21N3O5.Na.H/c1-33-20-12-10-17(11-13-20)23-24-26(30-19-8-5-9-21(14-19)34-15-22(31)32)28-16-29-27(24)35-25(23)18-6-3-2-4-7-18;;/h2-14,16H,15H2,1H3,(H,31,32)(H,28,29,30);;/q;+1;-1. The van der Waals surface area contributed by atoms with Crippen molar-refractivity contribution in [3.05, 3.63) is 85.2 Å². The van der Waals surface area contributed by atoms with Gasteiger partial charge in [-0.2, -0.15) is 0 Å². The van der Waals surface area contributed by atoms with E-state index >= 15 is 0 Å². The molecule has 0 fully saturated rings. The number of hydrogen-bond acceptors (Lipinski definition) is 7. The monoisotopic (exact) mass is 491 g/mol. The second kappa shape index (κ2) is 11.3. The quantitative estimate of drug-likeness (QED) is 0.319. The van der Waals surface area contributed by atoms with Gasteiger partial charge in [-0.25, -0.2) is 14.8 Å². The number of furan rings is 1. The molecule has 9 heteroatoms. The smallest absolute Gasteiger partial charge is 1.00 e. The number of ether oxygens (including phenoxy) is 2. The largest absolute Gasteiger partial charge is 1.00 e. The number of rotatable bonds is 8. The van der Waals surface area contributed by atoms with Crippen LogP contribution in [0.25, 0.3) is 33.6 Å². The number of carbonyl (C=O) groups is 1. The summed E-state index contributed by atoms with van der Waals surface area (Å²) in [7, 11) is 1.63. The Morgan fingerprint density at radius 1 is 0.972 bits per heavy atom. The molecule has 2 heterocycles. The van der Waals surface area contributed by atoms with Crippen LogP contribution in [-0.4, -0.2) is 34.8 Å². The van der Waals surface area contributed by atoms with Crippen LogP contribution >= 0.6 is 0 Å². The second-order valence-corrected chi connectivity index (χ2v) is 7.64. The van der Waals surface area contributed by atoms with Gasteiger partial charge in [0.05, 0.1) is 12.5 Å². The molecular weight excluding hydrogens is 469 g/mol. The van der Waals surface area contributed by atoms with Crippen LogP contribution in [0.5, 0.6) is 11.5 Å². The fraction of sp³-hybridized carbons (Fsp3) is 0.0741. The van der Waals surface area contributed by atoms with E-state index in [0.717, 1.165) is 22.4 Å². The Balaban J connectivity index is 0.00000190. The minimum Gasteiger partial charge on any atom is -1.00 e. The van der Waals surface area contributed by atoms with E-state index in [0.29, 0.717) is 34.1 Å². The number of methoxy groups -OCH3 is 1. The number of aliphatic carboxylic acids is 1. The molecule has 0 amide bonds. The molecule has 5 rings (SSSR count).